The summed E-state index contributed by atoms with van der Waals surface area (Å²) in [7, 11) is 0. The van der Waals surface area contributed by atoms with Gasteiger partial charge in [0, 0.05) is 6.54 Å². The van der Waals surface area contributed by atoms with Gasteiger partial charge >= 0.3 is 0 Å². The maximum Gasteiger partial charge on any atom is 0.252 e. The molecule has 1 saturated heterocycles. The van der Waals surface area contributed by atoms with E-state index in [-0.39, 0.29) is 17.5 Å². The first-order valence-corrected chi connectivity index (χ1v) is 7.57. The molecule has 0 bridgehead atoms. The molecule has 1 aromatic rings. The molecule has 1 heterocycles. The van der Waals surface area contributed by atoms with Gasteiger partial charge in [-0.25, -0.2) is 4.39 Å². The molecular formula is C13H15ClFNO2S. The van der Waals surface area contributed by atoms with Gasteiger partial charge in [0.2, 0.25) is 0 Å². The third-order valence-electron chi connectivity index (χ3n) is 3.18. The molecule has 0 saturated carbocycles. The molecule has 1 aliphatic rings. The summed E-state index contributed by atoms with van der Waals surface area (Å²) in [6.07, 6.45) is 0.932. The topological polar surface area (TPSA) is 49.3 Å². The lowest BCUT2D eigenvalue weighted by atomic mass is 9.96. The molecule has 2 N–H and O–H groups in total. The van der Waals surface area contributed by atoms with Gasteiger partial charge in [-0.15, -0.1) is 0 Å². The van der Waals surface area contributed by atoms with Crippen LogP contribution in [0.15, 0.2) is 18.2 Å². The second-order valence-corrected chi connectivity index (χ2v) is 6.21. The maximum atomic E-state index is 13.0. The number of benzene rings is 1. The minimum Gasteiger partial charge on any atom is -0.380 e. The van der Waals surface area contributed by atoms with Crippen LogP contribution in [0.4, 0.5) is 4.39 Å². The van der Waals surface area contributed by atoms with Gasteiger partial charge in [0.25, 0.3) is 5.91 Å². The summed E-state index contributed by atoms with van der Waals surface area (Å²) in [4.78, 5) is 12.0. The molecule has 1 aliphatic heterocycles. The van der Waals surface area contributed by atoms with Crippen LogP contribution in [0, 0.1) is 5.82 Å². The van der Waals surface area contributed by atoms with Gasteiger partial charge < -0.3 is 10.4 Å². The van der Waals surface area contributed by atoms with Crippen molar-refractivity contribution in [2.45, 2.75) is 25.0 Å². The largest absolute Gasteiger partial charge is 0.380 e. The summed E-state index contributed by atoms with van der Waals surface area (Å²) < 4.78 is 13.0. The van der Waals surface area contributed by atoms with E-state index >= 15 is 0 Å². The molecule has 0 atom stereocenters. The second-order valence-electron chi connectivity index (χ2n) is 4.58. The molecule has 2 rings (SSSR count). The van der Waals surface area contributed by atoms with Crippen LogP contribution in [0.2, 0.25) is 5.02 Å². The number of aliphatic hydroxyl groups is 1. The Morgan fingerprint density at radius 2 is 2.16 bits per heavy atom. The number of hydrogen-bond acceptors (Lipinski definition) is 3. The van der Waals surface area contributed by atoms with E-state index < -0.39 is 11.4 Å². The Morgan fingerprint density at radius 1 is 1.47 bits per heavy atom. The van der Waals surface area contributed by atoms with Gasteiger partial charge in [-0.3, -0.25) is 4.79 Å². The summed E-state index contributed by atoms with van der Waals surface area (Å²) >= 11 is 7.40. The first kappa shape index (κ1) is 14.6. The molecule has 6 heteroatoms. The predicted octanol–water partition coefficient (Wildman–Crippen LogP) is 2.35. The Balaban J connectivity index is 1.94. The number of carbonyl (C=O) groups excluding carboxylic acids is 1. The molecule has 0 radical (unpaired) electrons. The van der Waals surface area contributed by atoms with Crippen molar-refractivity contribution in [3.8, 4) is 0 Å². The number of nitrogens with one attached hydrogen (secondary N) is 1. The lowest BCUT2D eigenvalue weighted by Gasteiger charge is -2.30. The van der Waals surface area contributed by atoms with E-state index in [0.717, 1.165) is 11.5 Å². The highest BCUT2D eigenvalue weighted by Gasteiger charge is 2.37. The number of halogens is 2. The first-order valence-electron chi connectivity index (χ1n) is 6.04. The molecule has 19 heavy (non-hydrogen) atoms. The molecule has 1 amide bonds. The number of hydrogen-bond donors (Lipinski definition) is 2. The van der Waals surface area contributed by atoms with Gasteiger partial charge in [0.05, 0.1) is 5.02 Å². The smallest absolute Gasteiger partial charge is 0.252 e. The van der Waals surface area contributed by atoms with Crippen LogP contribution in [-0.2, 0) is 11.3 Å². The fourth-order valence-electron chi connectivity index (χ4n) is 1.93. The van der Waals surface area contributed by atoms with Gasteiger partial charge in [0.1, 0.15) is 11.4 Å². The summed E-state index contributed by atoms with van der Waals surface area (Å²) in [6.45, 7) is 0.230. The molecule has 0 aliphatic carbocycles. The standard InChI is InChI=1S/C13H15ClFNO2S/c14-10-7-9(1-2-11(10)15)8-16-12(17)13(18)3-5-19-6-4-13/h1-2,7,18H,3-6,8H2,(H,16,17). The highest BCUT2D eigenvalue weighted by molar-refractivity contribution is 7.99. The maximum absolute atomic E-state index is 13.0. The normalized spacial score (nSPS) is 18.1. The SMILES string of the molecule is O=C(NCc1ccc(F)c(Cl)c1)C1(O)CCSCC1. The van der Waals surface area contributed by atoms with Crippen molar-refractivity contribution in [1.29, 1.82) is 0 Å². The zero-order valence-corrected chi connectivity index (χ0v) is 11.9. The van der Waals surface area contributed by atoms with E-state index in [1.807, 2.05) is 0 Å². The second kappa shape index (κ2) is 6.11. The Hall–Kier alpha value is -0.780. The molecule has 0 aromatic heterocycles. The minimum atomic E-state index is -1.27. The zero-order chi connectivity index (χ0) is 13.9. The van der Waals surface area contributed by atoms with Crippen LogP contribution < -0.4 is 5.32 Å². The number of amides is 1. The third-order valence-corrected chi connectivity index (χ3v) is 4.45. The summed E-state index contributed by atoms with van der Waals surface area (Å²) in [5.41, 5.74) is -0.566. The molecule has 0 spiro atoms. The van der Waals surface area contributed by atoms with E-state index in [0.29, 0.717) is 18.4 Å². The Labute approximate surface area is 120 Å². The van der Waals surface area contributed by atoms with Gasteiger partial charge in [-0.2, -0.15) is 11.8 Å². The fraction of sp³-hybridized carbons (Fsp3) is 0.462. The average molecular weight is 304 g/mol. The highest BCUT2D eigenvalue weighted by atomic mass is 35.5. The van der Waals surface area contributed by atoms with Crippen LogP contribution in [0.25, 0.3) is 0 Å². The summed E-state index contributed by atoms with van der Waals surface area (Å²) in [6, 6.07) is 4.29. The molecule has 1 fully saturated rings. The molecule has 3 nitrogen and oxygen atoms in total. The number of rotatable bonds is 3. The van der Waals surface area contributed by atoms with Crippen molar-refractivity contribution < 1.29 is 14.3 Å². The minimum absolute atomic E-state index is 0.0273. The Morgan fingerprint density at radius 3 is 2.79 bits per heavy atom. The van der Waals surface area contributed by atoms with Crippen LogP contribution in [0.5, 0.6) is 0 Å². The highest BCUT2D eigenvalue weighted by Crippen LogP contribution is 2.27. The predicted molar refractivity (Wildman–Crippen MR) is 74.8 cm³/mol. The fourth-order valence-corrected chi connectivity index (χ4v) is 3.30. The first-order chi connectivity index (χ1) is 9.01. The zero-order valence-electron chi connectivity index (χ0n) is 10.3. The van der Waals surface area contributed by atoms with Gasteiger partial charge in [-0.05, 0) is 42.0 Å². The number of carbonyl (C=O) groups is 1. The van der Waals surface area contributed by atoms with E-state index in [1.165, 1.54) is 12.1 Å². The van der Waals surface area contributed by atoms with Crippen molar-refractivity contribution >= 4 is 29.3 Å². The van der Waals surface area contributed by atoms with E-state index in [2.05, 4.69) is 5.32 Å². The molecule has 1 aromatic carbocycles. The average Bonchev–Trinajstić information content (AvgIpc) is 2.40. The third kappa shape index (κ3) is 3.61. The Kier molecular flexibility index (Phi) is 4.71. The monoisotopic (exact) mass is 303 g/mol. The quantitative estimate of drug-likeness (QED) is 0.901. The molecule has 0 unspecified atom stereocenters. The number of thioether (sulfide) groups is 1. The van der Waals surface area contributed by atoms with Crippen molar-refractivity contribution in [1.82, 2.24) is 5.32 Å². The molecule has 104 valence electrons. The lowest BCUT2D eigenvalue weighted by molar-refractivity contribution is -0.140. The van der Waals surface area contributed by atoms with E-state index in [4.69, 9.17) is 11.6 Å². The van der Waals surface area contributed by atoms with Crippen molar-refractivity contribution in [3.05, 3.63) is 34.6 Å². The van der Waals surface area contributed by atoms with Crippen molar-refractivity contribution in [2.24, 2.45) is 0 Å². The van der Waals surface area contributed by atoms with Gasteiger partial charge in [0.15, 0.2) is 0 Å². The Bertz CT molecular complexity index is 478. The van der Waals surface area contributed by atoms with Crippen LogP contribution >= 0.6 is 23.4 Å². The molecular weight excluding hydrogens is 289 g/mol. The van der Waals surface area contributed by atoms with E-state index in [9.17, 15) is 14.3 Å². The summed E-state index contributed by atoms with van der Waals surface area (Å²) in [5.74, 6) is 0.714. The van der Waals surface area contributed by atoms with Gasteiger partial charge in [-0.1, -0.05) is 17.7 Å². The van der Waals surface area contributed by atoms with Crippen LogP contribution in [0.1, 0.15) is 18.4 Å². The lowest BCUT2D eigenvalue weighted by Crippen LogP contribution is -2.48. The van der Waals surface area contributed by atoms with Crippen molar-refractivity contribution in [2.75, 3.05) is 11.5 Å². The van der Waals surface area contributed by atoms with Crippen LogP contribution in [-0.4, -0.2) is 28.1 Å². The van der Waals surface area contributed by atoms with E-state index in [1.54, 1.807) is 17.8 Å². The summed E-state index contributed by atoms with van der Waals surface area (Å²) in [5, 5.41) is 12.9. The van der Waals surface area contributed by atoms with Crippen LogP contribution in [0.3, 0.4) is 0 Å². The van der Waals surface area contributed by atoms with Crippen molar-refractivity contribution in [3.63, 3.8) is 0 Å².